The van der Waals surface area contributed by atoms with E-state index in [9.17, 15) is 4.79 Å². The molecular formula is C9H16N2O2. The molecule has 0 aromatic rings. The van der Waals surface area contributed by atoms with Gasteiger partial charge in [0.15, 0.2) is 0 Å². The van der Waals surface area contributed by atoms with E-state index in [-0.39, 0.29) is 5.97 Å². The van der Waals surface area contributed by atoms with Crippen molar-refractivity contribution in [1.82, 2.24) is 10.2 Å². The summed E-state index contributed by atoms with van der Waals surface area (Å²) in [5, 5.41) is 3.31. The van der Waals surface area contributed by atoms with Gasteiger partial charge >= 0.3 is 5.97 Å². The molecule has 2 aliphatic rings. The fraction of sp³-hybridized carbons (Fsp3) is 0.889. The van der Waals surface area contributed by atoms with Gasteiger partial charge in [0.05, 0.1) is 13.0 Å². The van der Waals surface area contributed by atoms with E-state index in [1.54, 1.807) is 0 Å². The van der Waals surface area contributed by atoms with Gasteiger partial charge in [0, 0.05) is 32.2 Å². The molecule has 1 atom stereocenters. The molecule has 1 N–H and O–H groups in total. The summed E-state index contributed by atoms with van der Waals surface area (Å²) in [6.07, 6.45) is 1.59. The molecule has 0 spiro atoms. The van der Waals surface area contributed by atoms with E-state index in [2.05, 4.69) is 10.2 Å². The number of carbonyl (C=O) groups excluding carboxylic acids is 1. The zero-order valence-corrected chi connectivity index (χ0v) is 7.79. The summed E-state index contributed by atoms with van der Waals surface area (Å²) in [6.45, 7) is 4.83. The Balaban J connectivity index is 1.87. The van der Waals surface area contributed by atoms with Gasteiger partial charge in [-0.05, 0) is 6.42 Å². The van der Waals surface area contributed by atoms with Crippen LogP contribution in [0.3, 0.4) is 0 Å². The lowest BCUT2D eigenvalue weighted by Gasteiger charge is -2.36. The lowest BCUT2D eigenvalue weighted by atomic mass is 10.1. The van der Waals surface area contributed by atoms with E-state index >= 15 is 0 Å². The Labute approximate surface area is 78.2 Å². The third-order valence-electron chi connectivity index (χ3n) is 2.78. The van der Waals surface area contributed by atoms with Crippen LogP contribution >= 0.6 is 0 Å². The van der Waals surface area contributed by atoms with Gasteiger partial charge in [-0.25, -0.2) is 0 Å². The summed E-state index contributed by atoms with van der Waals surface area (Å²) >= 11 is 0. The molecule has 2 saturated heterocycles. The molecule has 0 amide bonds. The van der Waals surface area contributed by atoms with Gasteiger partial charge < -0.3 is 10.1 Å². The highest BCUT2D eigenvalue weighted by molar-refractivity contribution is 5.70. The van der Waals surface area contributed by atoms with Gasteiger partial charge in [-0.1, -0.05) is 0 Å². The third-order valence-corrected chi connectivity index (χ3v) is 2.78. The van der Waals surface area contributed by atoms with Crippen LogP contribution < -0.4 is 5.32 Å². The molecular weight excluding hydrogens is 168 g/mol. The summed E-state index contributed by atoms with van der Waals surface area (Å²) < 4.78 is 4.92. The molecule has 4 nitrogen and oxygen atoms in total. The molecule has 2 aliphatic heterocycles. The normalized spacial score (nSPS) is 31.4. The maximum atomic E-state index is 11.1. The Kier molecular flexibility index (Phi) is 2.80. The molecule has 0 aromatic carbocycles. The summed E-state index contributed by atoms with van der Waals surface area (Å²) in [6, 6.07) is 0.434. The zero-order chi connectivity index (χ0) is 9.10. The number of nitrogens with one attached hydrogen (secondary N) is 1. The second-order valence-corrected chi connectivity index (χ2v) is 3.65. The molecule has 0 aromatic heterocycles. The molecule has 4 heteroatoms. The Morgan fingerprint density at radius 1 is 1.38 bits per heavy atom. The van der Waals surface area contributed by atoms with Gasteiger partial charge in [0.25, 0.3) is 0 Å². The van der Waals surface area contributed by atoms with Crippen molar-refractivity contribution in [1.29, 1.82) is 0 Å². The number of cyclic esters (lactones) is 1. The molecule has 0 bridgehead atoms. The average Bonchev–Trinajstić information content (AvgIpc) is 2.19. The predicted octanol–water partition coefficient (Wildman–Crippen LogP) is -0.403. The van der Waals surface area contributed by atoms with Crippen LogP contribution in [0, 0.1) is 0 Å². The van der Waals surface area contributed by atoms with Crippen LogP contribution in [0.25, 0.3) is 0 Å². The van der Waals surface area contributed by atoms with E-state index in [1.807, 2.05) is 0 Å². The zero-order valence-electron chi connectivity index (χ0n) is 7.79. The summed E-state index contributed by atoms with van der Waals surface area (Å²) in [4.78, 5) is 13.5. The third kappa shape index (κ3) is 2.19. The number of nitrogens with zero attached hydrogens (tertiary/aromatic N) is 1. The van der Waals surface area contributed by atoms with Crippen LogP contribution in [0.5, 0.6) is 0 Å². The van der Waals surface area contributed by atoms with E-state index in [1.165, 1.54) is 0 Å². The maximum absolute atomic E-state index is 11.1. The summed E-state index contributed by atoms with van der Waals surface area (Å²) in [5.74, 6) is -0.0326. The van der Waals surface area contributed by atoms with E-state index in [0.29, 0.717) is 19.1 Å². The van der Waals surface area contributed by atoms with Crippen molar-refractivity contribution < 1.29 is 9.53 Å². The minimum Gasteiger partial charge on any atom is -0.466 e. The second-order valence-electron chi connectivity index (χ2n) is 3.65. The molecule has 0 saturated carbocycles. The largest absolute Gasteiger partial charge is 0.466 e. The van der Waals surface area contributed by atoms with E-state index in [0.717, 1.165) is 32.6 Å². The highest BCUT2D eigenvalue weighted by Gasteiger charge is 2.26. The molecule has 2 heterocycles. The molecule has 13 heavy (non-hydrogen) atoms. The fourth-order valence-electron chi connectivity index (χ4n) is 2.02. The average molecular weight is 184 g/mol. The van der Waals surface area contributed by atoms with E-state index in [4.69, 9.17) is 4.74 Å². The van der Waals surface area contributed by atoms with Crippen molar-refractivity contribution in [3.8, 4) is 0 Å². The number of rotatable bonds is 1. The minimum atomic E-state index is -0.0326. The summed E-state index contributed by atoms with van der Waals surface area (Å²) in [7, 11) is 0. The lowest BCUT2D eigenvalue weighted by Crippen LogP contribution is -2.50. The Morgan fingerprint density at radius 3 is 2.85 bits per heavy atom. The van der Waals surface area contributed by atoms with Crippen LogP contribution in [0.15, 0.2) is 0 Å². The van der Waals surface area contributed by atoms with Crippen molar-refractivity contribution in [3.05, 3.63) is 0 Å². The first-order chi connectivity index (χ1) is 6.36. The fourth-order valence-corrected chi connectivity index (χ4v) is 2.02. The standard InChI is InChI=1S/C9H16N2O2/c12-9-7-8(1-6-13-9)11-4-2-10-3-5-11/h8,10H,1-7H2. The number of carbonyl (C=O) groups is 1. The first-order valence-corrected chi connectivity index (χ1v) is 4.96. The van der Waals surface area contributed by atoms with Gasteiger partial charge in [-0.3, -0.25) is 9.69 Å². The van der Waals surface area contributed by atoms with Crippen molar-refractivity contribution in [3.63, 3.8) is 0 Å². The van der Waals surface area contributed by atoms with Crippen molar-refractivity contribution in [2.24, 2.45) is 0 Å². The second kappa shape index (κ2) is 4.07. The SMILES string of the molecule is O=C1CC(N2CCNCC2)CCO1. The lowest BCUT2D eigenvalue weighted by molar-refractivity contribution is -0.150. The molecule has 2 rings (SSSR count). The van der Waals surface area contributed by atoms with Crippen LogP contribution in [0.1, 0.15) is 12.8 Å². The topological polar surface area (TPSA) is 41.6 Å². The molecule has 2 fully saturated rings. The van der Waals surface area contributed by atoms with Crippen molar-refractivity contribution in [2.75, 3.05) is 32.8 Å². The van der Waals surface area contributed by atoms with Gasteiger partial charge in [0.2, 0.25) is 0 Å². The quantitative estimate of drug-likeness (QED) is 0.563. The highest BCUT2D eigenvalue weighted by atomic mass is 16.5. The van der Waals surface area contributed by atoms with Crippen LogP contribution in [-0.4, -0.2) is 49.7 Å². The maximum Gasteiger partial charge on any atom is 0.307 e. The number of esters is 1. The molecule has 0 radical (unpaired) electrons. The predicted molar refractivity (Wildman–Crippen MR) is 48.4 cm³/mol. The van der Waals surface area contributed by atoms with Crippen LogP contribution in [0.4, 0.5) is 0 Å². The van der Waals surface area contributed by atoms with Gasteiger partial charge in [-0.15, -0.1) is 0 Å². The van der Waals surface area contributed by atoms with Gasteiger partial charge in [-0.2, -0.15) is 0 Å². The monoisotopic (exact) mass is 184 g/mol. The highest BCUT2D eigenvalue weighted by Crippen LogP contribution is 2.15. The van der Waals surface area contributed by atoms with Crippen LogP contribution in [0.2, 0.25) is 0 Å². The first kappa shape index (κ1) is 8.97. The molecule has 0 aliphatic carbocycles. The Hall–Kier alpha value is -0.610. The smallest absolute Gasteiger partial charge is 0.307 e. The number of hydrogen-bond donors (Lipinski definition) is 1. The van der Waals surface area contributed by atoms with E-state index < -0.39 is 0 Å². The molecule has 1 unspecified atom stereocenters. The first-order valence-electron chi connectivity index (χ1n) is 4.96. The molecule has 74 valence electrons. The number of piperazine rings is 1. The van der Waals surface area contributed by atoms with Crippen molar-refractivity contribution in [2.45, 2.75) is 18.9 Å². The summed E-state index contributed by atoms with van der Waals surface area (Å²) in [5.41, 5.74) is 0. The van der Waals surface area contributed by atoms with Crippen LogP contribution in [-0.2, 0) is 9.53 Å². The number of hydrogen-bond acceptors (Lipinski definition) is 4. The van der Waals surface area contributed by atoms with Crippen molar-refractivity contribution >= 4 is 5.97 Å². The van der Waals surface area contributed by atoms with Gasteiger partial charge in [0.1, 0.15) is 0 Å². The Bertz CT molecular complexity index is 190. The number of ether oxygens (including phenoxy) is 1. The minimum absolute atomic E-state index is 0.0326. The Morgan fingerprint density at radius 2 is 2.15 bits per heavy atom.